The molecule has 5 nitrogen and oxygen atoms in total. The number of rotatable bonds is 10. The second-order valence-corrected chi connectivity index (χ2v) is 3.64. The second kappa shape index (κ2) is 10.9. The van der Waals surface area contributed by atoms with Crippen molar-refractivity contribution in [3.63, 3.8) is 0 Å². The Morgan fingerprint density at radius 3 is 2.75 bits per heavy atom. The van der Waals surface area contributed by atoms with Gasteiger partial charge >= 0.3 is 0 Å². The van der Waals surface area contributed by atoms with Crippen LogP contribution >= 0.6 is 0 Å². The molecule has 0 aromatic rings. The van der Waals surface area contributed by atoms with Gasteiger partial charge in [0.2, 0.25) is 5.91 Å². The molecule has 0 fully saturated rings. The molecule has 0 bridgehead atoms. The van der Waals surface area contributed by atoms with Gasteiger partial charge in [0.25, 0.3) is 0 Å². The molecular weight excluding hydrogens is 208 g/mol. The van der Waals surface area contributed by atoms with Gasteiger partial charge in [-0.3, -0.25) is 4.79 Å². The van der Waals surface area contributed by atoms with Gasteiger partial charge in [-0.2, -0.15) is 5.06 Å². The maximum atomic E-state index is 11.3. The molecule has 96 valence electrons. The molecule has 0 aliphatic heterocycles. The van der Waals surface area contributed by atoms with Gasteiger partial charge in [-0.15, -0.1) is 0 Å². The summed E-state index contributed by atoms with van der Waals surface area (Å²) in [6, 6.07) is 0. The Bertz CT molecular complexity index is 177. The normalized spacial score (nSPS) is 10.8. The van der Waals surface area contributed by atoms with E-state index in [1.54, 1.807) is 12.2 Å². The predicted molar refractivity (Wildman–Crippen MR) is 63.0 cm³/mol. The zero-order valence-corrected chi connectivity index (χ0v) is 10.6. The molecule has 0 saturated heterocycles. The Balaban J connectivity index is 3.24. The van der Waals surface area contributed by atoms with Crippen LogP contribution in [0, 0.1) is 0 Å². The van der Waals surface area contributed by atoms with Crippen molar-refractivity contribution < 1.29 is 14.4 Å². The number of hydroxylamine groups is 2. The lowest BCUT2D eigenvalue weighted by Crippen LogP contribution is -2.34. The molecule has 0 aliphatic rings. The lowest BCUT2D eigenvalue weighted by Gasteiger charge is -2.13. The molecule has 0 atom stereocenters. The predicted octanol–water partition coefficient (Wildman–Crippen LogP) is 0.803. The standard InChI is InChI=1S/C11H24N2O3/c1-4-5-6-9-16-10-11(14)12-7-8-13(2)15-3/h4-10H2,1-3H3,(H,12,14). The van der Waals surface area contributed by atoms with Gasteiger partial charge in [0, 0.05) is 26.7 Å². The number of amides is 1. The van der Waals surface area contributed by atoms with E-state index in [1.807, 2.05) is 7.05 Å². The van der Waals surface area contributed by atoms with Crippen LogP contribution in [0.3, 0.4) is 0 Å². The lowest BCUT2D eigenvalue weighted by atomic mass is 10.3. The summed E-state index contributed by atoms with van der Waals surface area (Å²) >= 11 is 0. The highest BCUT2D eigenvalue weighted by Crippen LogP contribution is 1.93. The first kappa shape index (κ1) is 15.3. The number of hydrogen-bond donors (Lipinski definition) is 1. The largest absolute Gasteiger partial charge is 0.372 e. The molecular formula is C11H24N2O3. The molecule has 5 heteroatoms. The van der Waals surface area contributed by atoms with Crippen molar-refractivity contribution in [1.29, 1.82) is 0 Å². The fraction of sp³-hybridized carbons (Fsp3) is 0.909. The van der Waals surface area contributed by atoms with Gasteiger partial charge in [0.15, 0.2) is 0 Å². The smallest absolute Gasteiger partial charge is 0.246 e. The maximum absolute atomic E-state index is 11.3. The number of ether oxygens (including phenoxy) is 1. The Hall–Kier alpha value is -0.650. The SMILES string of the molecule is CCCCCOCC(=O)NCCN(C)OC. The highest BCUT2D eigenvalue weighted by atomic mass is 16.7. The molecule has 1 amide bonds. The van der Waals surface area contributed by atoms with Gasteiger partial charge in [-0.25, -0.2) is 0 Å². The molecule has 0 heterocycles. The van der Waals surface area contributed by atoms with E-state index in [2.05, 4.69) is 12.2 Å². The van der Waals surface area contributed by atoms with Gasteiger partial charge in [0.1, 0.15) is 6.61 Å². The van der Waals surface area contributed by atoms with Crippen molar-refractivity contribution in [2.24, 2.45) is 0 Å². The van der Waals surface area contributed by atoms with Crippen molar-refractivity contribution in [2.45, 2.75) is 26.2 Å². The molecule has 0 radical (unpaired) electrons. The highest BCUT2D eigenvalue weighted by Gasteiger charge is 2.01. The summed E-state index contributed by atoms with van der Waals surface area (Å²) in [6.45, 7) is 4.19. The third-order valence-electron chi connectivity index (χ3n) is 2.19. The zero-order valence-electron chi connectivity index (χ0n) is 10.6. The first-order chi connectivity index (χ1) is 7.70. The van der Waals surface area contributed by atoms with Crippen molar-refractivity contribution in [2.75, 3.05) is 40.5 Å². The summed E-state index contributed by atoms with van der Waals surface area (Å²) in [5.74, 6) is -0.0685. The zero-order chi connectivity index (χ0) is 12.2. The minimum absolute atomic E-state index is 0.0685. The lowest BCUT2D eigenvalue weighted by molar-refractivity contribution is -0.127. The molecule has 0 aromatic heterocycles. The summed E-state index contributed by atoms with van der Waals surface area (Å²) in [4.78, 5) is 16.2. The highest BCUT2D eigenvalue weighted by molar-refractivity contribution is 5.77. The topological polar surface area (TPSA) is 50.8 Å². The van der Waals surface area contributed by atoms with Gasteiger partial charge < -0.3 is 14.9 Å². The summed E-state index contributed by atoms with van der Waals surface area (Å²) in [5, 5.41) is 4.41. The number of carbonyl (C=O) groups is 1. The molecule has 0 rings (SSSR count). The van der Waals surface area contributed by atoms with E-state index in [-0.39, 0.29) is 12.5 Å². The van der Waals surface area contributed by atoms with Crippen molar-refractivity contribution >= 4 is 5.91 Å². The first-order valence-corrected chi connectivity index (χ1v) is 5.80. The Morgan fingerprint density at radius 1 is 1.38 bits per heavy atom. The summed E-state index contributed by atoms with van der Waals surface area (Å²) < 4.78 is 5.22. The maximum Gasteiger partial charge on any atom is 0.246 e. The van der Waals surface area contributed by atoms with Crippen LogP contribution in [0.2, 0.25) is 0 Å². The summed E-state index contributed by atoms with van der Waals surface area (Å²) in [6.07, 6.45) is 3.34. The van der Waals surface area contributed by atoms with Crippen LogP contribution in [0.5, 0.6) is 0 Å². The Labute approximate surface area is 98.0 Å². The average Bonchev–Trinajstić information content (AvgIpc) is 2.28. The van der Waals surface area contributed by atoms with E-state index in [4.69, 9.17) is 9.57 Å². The molecule has 0 unspecified atom stereocenters. The molecule has 16 heavy (non-hydrogen) atoms. The quantitative estimate of drug-likeness (QED) is 0.447. The number of nitrogens with zero attached hydrogens (tertiary/aromatic N) is 1. The fourth-order valence-corrected chi connectivity index (χ4v) is 1.11. The third kappa shape index (κ3) is 9.89. The second-order valence-electron chi connectivity index (χ2n) is 3.64. The molecule has 0 spiro atoms. The van der Waals surface area contributed by atoms with Crippen LogP contribution < -0.4 is 5.32 Å². The minimum atomic E-state index is -0.0685. The van der Waals surface area contributed by atoms with Gasteiger partial charge in [0.05, 0.1) is 7.11 Å². The van der Waals surface area contributed by atoms with Gasteiger partial charge in [-0.05, 0) is 6.42 Å². The van der Waals surface area contributed by atoms with Crippen molar-refractivity contribution in [3.05, 3.63) is 0 Å². The van der Waals surface area contributed by atoms with E-state index in [9.17, 15) is 4.79 Å². The van der Waals surface area contributed by atoms with Crippen molar-refractivity contribution in [3.8, 4) is 0 Å². The van der Waals surface area contributed by atoms with E-state index in [1.165, 1.54) is 6.42 Å². The minimum Gasteiger partial charge on any atom is -0.372 e. The average molecular weight is 232 g/mol. The Morgan fingerprint density at radius 2 is 2.12 bits per heavy atom. The number of nitrogens with one attached hydrogen (secondary N) is 1. The van der Waals surface area contributed by atoms with Crippen LogP contribution in [-0.4, -0.2) is 51.4 Å². The number of unbranched alkanes of at least 4 members (excludes halogenated alkanes) is 2. The molecule has 1 N–H and O–H groups in total. The summed E-state index contributed by atoms with van der Waals surface area (Å²) in [5.41, 5.74) is 0. The number of hydrogen-bond acceptors (Lipinski definition) is 4. The van der Waals surface area contributed by atoms with E-state index < -0.39 is 0 Å². The number of carbonyl (C=O) groups excluding carboxylic acids is 1. The van der Waals surface area contributed by atoms with Crippen LogP contribution in [0.25, 0.3) is 0 Å². The van der Waals surface area contributed by atoms with Crippen molar-refractivity contribution in [1.82, 2.24) is 10.4 Å². The third-order valence-corrected chi connectivity index (χ3v) is 2.19. The van der Waals surface area contributed by atoms with Crippen LogP contribution in [0.15, 0.2) is 0 Å². The molecule has 0 saturated carbocycles. The van der Waals surface area contributed by atoms with E-state index >= 15 is 0 Å². The summed E-state index contributed by atoms with van der Waals surface area (Å²) in [7, 11) is 3.41. The fourth-order valence-electron chi connectivity index (χ4n) is 1.11. The van der Waals surface area contributed by atoms with Crippen LogP contribution in [0.4, 0.5) is 0 Å². The van der Waals surface area contributed by atoms with E-state index in [0.717, 1.165) is 12.8 Å². The van der Waals surface area contributed by atoms with Crippen LogP contribution in [-0.2, 0) is 14.4 Å². The van der Waals surface area contributed by atoms with Gasteiger partial charge in [-0.1, -0.05) is 19.8 Å². The Kier molecular flexibility index (Phi) is 10.4. The molecule has 0 aliphatic carbocycles. The van der Waals surface area contributed by atoms with E-state index in [0.29, 0.717) is 19.7 Å². The number of likely N-dealkylation sites (N-methyl/N-ethyl adjacent to an activating group) is 1. The van der Waals surface area contributed by atoms with Crippen LogP contribution in [0.1, 0.15) is 26.2 Å². The monoisotopic (exact) mass is 232 g/mol. The first-order valence-electron chi connectivity index (χ1n) is 5.80. The molecule has 0 aromatic carbocycles.